The number of nitro groups is 1. The minimum absolute atomic E-state index is 0.0968. The maximum atomic E-state index is 13.3. The van der Waals surface area contributed by atoms with Crippen LogP contribution in [0.1, 0.15) is 25.5 Å². The summed E-state index contributed by atoms with van der Waals surface area (Å²) < 4.78 is 28.9. The van der Waals surface area contributed by atoms with Crippen molar-refractivity contribution in [2.24, 2.45) is 4.99 Å². The summed E-state index contributed by atoms with van der Waals surface area (Å²) in [5.41, 5.74) is 1.23. The number of nitrogens with zero attached hydrogens (tertiary/aromatic N) is 4. The molecule has 9 nitrogen and oxygen atoms in total. The molecular formula is C21H25N4O5PS. The second-order valence-corrected chi connectivity index (χ2v) is 10.6. The molecule has 2 fully saturated rings. The Kier molecular flexibility index (Phi) is 6.69. The predicted octanol–water partition coefficient (Wildman–Crippen LogP) is 5.65. The van der Waals surface area contributed by atoms with E-state index in [1.807, 2.05) is 28.6 Å². The van der Waals surface area contributed by atoms with Crippen molar-refractivity contribution in [3.63, 3.8) is 0 Å². The zero-order chi connectivity index (χ0) is 22.9. The molecule has 0 saturated carbocycles. The fourth-order valence-corrected chi connectivity index (χ4v) is 6.16. The molecule has 0 aliphatic carbocycles. The van der Waals surface area contributed by atoms with Crippen LogP contribution in [0, 0.1) is 10.1 Å². The molecule has 2 aliphatic rings. The van der Waals surface area contributed by atoms with Crippen LogP contribution in [-0.4, -0.2) is 52.9 Å². The molecule has 0 radical (unpaired) electrons. The summed E-state index contributed by atoms with van der Waals surface area (Å²) in [6, 6.07) is 9.97. The number of ether oxygens (including phenoxy) is 1. The minimum Gasteiger partial charge on any atom is -0.450 e. The topological polar surface area (TPSA) is 97.0 Å². The van der Waals surface area contributed by atoms with E-state index in [9.17, 15) is 14.7 Å². The van der Waals surface area contributed by atoms with Crippen molar-refractivity contribution in [2.45, 2.75) is 24.8 Å². The van der Waals surface area contributed by atoms with E-state index in [0.29, 0.717) is 11.3 Å². The molecule has 2 aromatic carbocycles. The molecule has 0 aromatic heterocycles. The van der Waals surface area contributed by atoms with Crippen molar-refractivity contribution < 1.29 is 18.7 Å². The largest absolute Gasteiger partial charge is 0.450 e. The van der Waals surface area contributed by atoms with E-state index in [-0.39, 0.29) is 11.4 Å². The van der Waals surface area contributed by atoms with E-state index in [1.165, 1.54) is 6.07 Å². The van der Waals surface area contributed by atoms with Gasteiger partial charge >= 0.3 is 13.4 Å². The Bertz CT molecular complexity index is 1090. The van der Waals surface area contributed by atoms with Crippen molar-refractivity contribution in [1.82, 2.24) is 9.34 Å². The van der Waals surface area contributed by atoms with Gasteiger partial charge in [-0.25, -0.2) is 9.34 Å². The standard InChI is InChI=1S/C21H25N4O5PS/c1-4-22-18-14-17(6-8-21(18)32-3)29-20-13-16(5-7-19(20)25(26)27)15(2)30-31(28,23-9-10-23)24-11-12-24/h4-8,13-15H,9-12H2,1-3H3/b22-4+/t15-/m1/s1. The van der Waals surface area contributed by atoms with Crippen molar-refractivity contribution >= 4 is 37.0 Å². The second-order valence-electron chi connectivity index (χ2n) is 7.45. The van der Waals surface area contributed by atoms with E-state index in [0.717, 1.165) is 36.8 Å². The van der Waals surface area contributed by atoms with Crippen LogP contribution >= 0.6 is 19.4 Å². The summed E-state index contributed by atoms with van der Waals surface area (Å²) in [5, 5.41) is 11.6. The van der Waals surface area contributed by atoms with Gasteiger partial charge in [-0.1, -0.05) is 0 Å². The molecule has 0 unspecified atom stereocenters. The molecular weight excluding hydrogens is 451 g/mol. The molecule has 0 amide bonds. The Balaban J connectivity index is 1.62. The Morgan fingerprint density at radius 3 is 2.44 bits per heavy atom. The van der Waals surface area contributed by atoms with Crippen LogP contribution in [0.4, 0.5) is 11.4 Å². The van der Waals surface area contributed by atoms with Crippen LogP contribution in [0.15, 0.2) is 46.3 Å². The first-order chi connectivity index (χ1) is 15.4. The lowest BCUT2D eigenvalue weighted by molar-refractivity contribution is -0.385. The lowest BCUT2D eigenvalue weighted by atomic mass is 10.1. The average molecular weight is 476 g/mol. The van der Waals surface area contributed by atoms with Gasteiger partial charge in [0, 0.05) is 49.4 Å². The zero-order valence-electron chi connectivity index (χ0n) is 18.1. The monoisotopic (exact) mass is 476 g/mol. The summed E-state index contributed by atoms with van der Waals surface area (Å²) in [5.74, 6) is 0.538. The van der Waals surface area contributed by atoms with Crippen molar-refractivity contribution in [1.29, 1.82) is 0 Å². The van der Waals surface area contributed by atoms with Crippen LogP contribution < -0.4 is 4.74 Å². The number of thioether (sulfide) groups is 1. The first-order valence-electron chi connectivity index (χ1n) is 10.3. The summed E-state index contributed by atoms with van der Waals surface area (Å²) >= 11 is 1.56. The maximum absolute atomic E-state index is 13.3. The maximum Gasteiger partial charge on any atom is 0.346 e. The fourth-order valence-electron chi connectivity index (χ4n) is 3.29. The smallest absolute Gasteiger partial charge is 0.346 e. The number of aliphatic imine (C=N–C) groups is 1. The fraction of sp³-hybridized carbons (Fsp3) is 0.381. The third-order valence-corrected chi connectivity index (χ3v) is 8.76. The zero-order valence-corrected chi connectivity index (χ0v) is 19.8. The van der Waals surface area contributed by atoms with Crippen LogP contribution in [0.25, 0.3) is 0 Å². The lowest BCUT2D eigenvalue weighted by Crippen LogP contribution is -2.10. The van der Waals surface area contributed by atoms with Crippen molar-refractivity contribution in [3.8, 4) is 11.5 Å². The van der Waals surface area contributed by atoms with Gasteiger partial charge in [-0.15, -0.1) is 11.8 Å². The van der Waals surface area contributed by atoms with Gasteiger partial charge in [-0.3, -0.25) is 24.2 Å². The Morgan fingerprint density at radius 1 is 1.19 bits per heavy atom. The van der Waals surface area contributed by atoms with Gasteiger partial charge in [0.1, 0.15) is 5.75 Å². The third-order valence-electron chi connectivity index (χ3n) is 5.15. The number of hydrogen-bond acceptors (Lipinski definition) is 7. The first-order valence-corrected chi connectivity index (χ1v) is 13.0. The molecule has 4 rings (SSSR count). The molecule has 2 aliphatic heterocycles. The highest BCUT2D eigenvalue weighted by molar-refractivity contribution is 7.98. The Hall–Kier alpha value is -2.23. The van der Waals surface area contributed by atoms with E-state index >= 15 is 0 Å². The molecule has 1 atom stereocenters. The number of benzene rings is 2. The van der Waals surface area contributed by atoms with Crippen LogP contribution in [0.3, 0.4) is 0 Å². The second kappa shape index (κ2) is 9.33. The molecule has 0 spiro atoms. The highest BCUT2D eigenvalue weighted by atomic mass is 32.2. The van der Waals surface area contributed by atoms with Crippen LogP contribution in [0.5, 0.6) is 11.5 Å². The van der Waals surface area contributed by atoms with Gasteiger partial charge in [0.25, 0.3) is 0 Å². The Morgan fingerprint density at radius 2 is 1.88 bits per heavy atom. The molecule has 0 N–H and O–H groups in total. The SMILES string of the molecule is C/C=N/c1cc(Oc2cc([C@@H](C)OP(=O)(N3CC3)N3CC3)ccc2[N+](=O)[O-])ccc1SC. The number of nitro benzene ring substituents is 1. The molecule has 11 heteroatoms. The summed E-state index contributed by atoms with van der Waals surface area (Å²) in [6.45, 7) is 6.63. The molecule has 170 valence electrons. The molecule has 2 aromatic rings. The van der Waals surface area contributed by atoms with Gasteiger partial charge < -0.3 is 4.74 Å². The number of hydrogen-bond donors (Lipinski definition) is 0. The van der Waals surface area contributed by atoms with Crippen LogP contribution in [0.2, 0.25) is 0 Å². The number of rotatable bonds is 10. The van der Waals surface area contributed by atoms with Gasteiger partial charge in [0.05, 0.1) is 16.7 Å². The van der Waals surface area contributed by atoms with Gasteiger partial charge in [0.15, 0.2) is 0 Å². The van der Waals surface area contributed by atoms with E-state index in [4.69, 9.17) is 9.26 Å². The first kappa shape index (κ1) is 22.9. The molecule has 2 heterocycles. The third kappa shape index (κ3) is 4.89. The van der Waals surface area contributed by atoms with Crippen molar-refractivity contribution in [3.05, 3.63) is 52.1 Å². The van der Waals surface area contributed by atoms with E-state index in [1.54, 1.807) is 49.2 Å². The van der Waals surface area contributed by atoms with E-state index in [2.05, 4.69) is 4.99 Å². The Labute approximate surface area is 191 Å². The van der Waals surface area contributed by atoms with E-state index < -0.39 is 18.7 Å². The summed E-state index contributed by atoms with van der Waals surface area (Å²) in [6.07, 6.45) is 3.12. The summed E-state index contributed by atoms with van der Waals surface area (Å²) in [4.78, 5) is 16.4. The van der Waals surface area contributed by atoms with Gasteiger partial charge in [-0.05, 0) is 49.9 Å². The minimum atomic E-state index is -3.02. The average Bonchev–Trinajstić information content (AvgIpc) is 3.65. The quantitative estimate of drug-likeness (QED) is 0.108. The van der Waals surface area contributed by atoms with Gasteiger partial charge in [-0.2, -0.15) is 0 Å². The molecule has 0 bridgehead atoms. The van der Waals surface area contributed by atoms with Crippen LogP contribution in [-0.2, 0) is 9.09 Å². The molecule has 32 heavy (non-hydrogen) atoms. The predicted molar refractivity (Wildman–Crippen MR) is 125 cm³/mol. The lowest BCUT2D eigenvalue weighted by Gasteiger charge is -2.24. The molecule has 2 saturated heterocycles. The van der Waals surface area contributed by atoms with Crippen molar-refractivity contribution in [2.75, 3.05) is 32.4 Å². The summed E-state index contributed by atoms with van der Waals surface area (Å²) in [7, 11) is -3.02. The normalized spacial score (nSPS) is 17.5. The highest BCUT2D eigenvalue weighted by Gasteiger charge is 2.50. The highest BCUT2D eigenvalue weighted by Crippen LogP contribution is 2.63. The van der Waals surface area contributed by atoms with Gasteiger partial charge in [0.2, 0.25) is 5.75 Å².